The summed E-state index contributed by atoms with van der Waals surface area (Å²) in [6.45, 7) is 7.44. The predicted octanol–water partition coefficient (Wildman–Crippen LogP) is 3.04. The molecule has 0 radical (unpaired) electrons. The summed E-state index contributed by atoms with van der Waals surface area (Å²) in [5, 5.41) is 9.48. The van der Waals surface area contributed by atoms with Crippen LogP contribution in [0.5, 0.6) is 5.75 Å². The maximum absolute atomic E-state index is 9.48. The fourth-order valence-corrected chi connectivity index (χ4v) is 6.42. The smallest absolute Gasteiger partial charge is 0.125 e. The molecule has 31 heavy (non-hydrogen) atoms. The lowest BCUT2D eigenvalue weighted by Gasteiger charge is -2.42. The highest BCUT2D eigenvalue weighted by Gasteiger charge is 2.44. The van der Waals surface area contributed by atoms with E-state index in [9.17, 15) is 5.11 Å². The van der Waals surface area contributed by atoms with Gasteiger partial charge in [0.25, 0.3) is 0 Å². The Bertz CT molecular complexity index is 962. The van der Waals surface area contributed by atoms with E-state index in [0.29, 0.717) is 12.0 Å². The Kier molecular flexibility index (Phi) is 5.04. The Balaban J connectivity index is 1.14. The summed E-state index contributed by atoms with van der Waals surface area (Å²) < 4.78 is 5.90. The first-order valence-corrected chi connectivity index (χ1v) is 12.0. The lowest BCUT2D eigenvalue weighted by atomic mass is 9.89. The largest absolute Gasteiger partial charge is 0.493 e. The molecule has 0 bridgehead atoms. The van der Waals surface area contributed by atoms with Crippen molar-refractivity contribution in [3.8, 4) is 5.75 Å². The van der Waals surface area contributed by atoms with Crippen molar-refractivity contribution in [2.45, 2.75) is 37.6 Å². The second-order valence-electron chi connectivity index (χ2n) is 9.49. The summed E-state index contributed by atoms with van der Waals surface area (Å²) >= 11 is 0. The van der Waals surface area contributed by atoms with Crippen LogP contribution in [0.1, 0.15) is 35.4 Å². The van der Waals surface area contributed by atoms with Gasteiger partial charge in [0.1, 0.15) is 5.75 Å². The number of para-hydroxylation sites is 2. The van der Waals surface area contributed by atoms with Gasteiger partial charge in [0.2, 0.25) is 0 Å². The number of ether oxygens (including phenoxy) is 1. The Morgan fingerprint density at radius 2 is 1.97 bits per heavy atom. The molecule has 4 heterocycles. The molecular formula is C26H33N3O2. The standard InChI is InChI=1S/C26H33N3O2/c30-16-15-28-13-14-29-23-9-12-27(18-22(23)21-7-2-8-24(28)25(21)29)11-3-6-19-4-1-5-20-10-17-31-26(19)20/h1-2,4-5,7-8,22-23,30H,3,6,9-18H2. The number of aliphatic hydroxyl groups is 1. The zero-order valence-electron chi connectivity index (χ0n) is 18.3. The highest BCUT2D eigenvalue weighted by molar-refractivity contribution is 5.81. The first-order chi connectivity index (χ1) is 15.3. The van der Waals surface area contributed by atoms with Crippen LogP contribution in [0.2, 0.25) is 0 Å². The number of hydrogen-bond donors (Lipinski definition) is 1. The number of likely N-dealkylation sites (tertiary alicyclic amines) is 1. The maximum atomic E-state index is 9.48. The number of fused-ring (bicyclic) bond motifs is 4. The fraction of sp³-hybridized carbons (Fsp3) is 0.538. The molecule has 1 fully saturated rings. The summed E-state index contributed by atoms with van der Waals surface area (Å²) in [7, 11) is 0. The average Bonchev–Trinajstić information content (AvgIpc) is 3.40. The monoisotopic (exact) mass is 419 g/mol. The van der Waals surface area contributed by atoms with E-state index >= 15 is 0 Å². The molecule has 2 unspecified atom stereocenters. The molecule has 0 aliphatic carbocycles. The van der Waals surface area contributed by atoms with Crippen LogP contribution in [0.25, 0.3) is 0 Å². The molecule has 0 aromatic heterocycles. The van der Waals surface area contributed by atoms with E-state index in [-0.39, 0.29) is 6.61 Å². The number of aryl methyl sites for hydroxylation is 1. The summed E-state index contributed by atoms with van der Waals surface area (Å²) in [5.41, 5.74) is 7.09. The topological polar surface area (TPSA) is 39.2 Å². The van der Waals surface area contributed by atoms with Gasteiger partial charge in [-0.3, -0.25) is 0 Å². The van der Waals surface area contributed by atoms with Crippen LogP contribution in [-0.4, -0.2) is 68.5 Å². The van der Waals surface area contributed by atoms with Gasteiger partial charge in [0, 0.05) is 51.1 Å². The lowest BCUT2D eigenvalue weighted by molar-refractivity contribution is 0.191. The van der Waals surface area contributed by atoms with Crippen LogP contribution >= 0.6 is 0 Å². The van der Waals surface area contributed by atoms with Crippen molar-refractivity contribution < 1.29 is 9.84 Å². The third-order valence-electron chi connectivity index (χ3n) is 7.83. The minimum atomic E-state index is 0.222. The SMILES string of the molecule is OCCN1CCN2c3c(cccc31)C1CN(CCCc3cccc4c3OCC4)CCC12. The van der Waals surface area contributed by atoms with E-state index in [0.717, 1.165) is 39.1 Å². The van der Waals surface area contributed by atoms with Crippen molar-refractivity contribution in [1.82, 2.24) is 4.90 Å². The zero-order valence-corrected chi connectivity index (χ0v) is 18.3. The third kappa shape index (κ3) is 3.30. The molecule has 4 aliphatic rings. The molecule has 0 amide bonds. The van der Waals surface area contributed by atoms with Crippen molar-refractivity contribution in [3.63, 3.8) is 0 Å². The summed E-state index contributed by atoms with van der Waals surface area (Å²) in [6.07, 6.45) is 4.61. The van der Waals surface area contributed by atoms with Gasteiger partial charge in [-0.15, -0.1) is 0 Å². The van der Waals surface area contributed by atoms with E-state index in [2.05, 4.69) is 51.1 Å². The van der Waals surface area contributed by atoms with Crippen molar-refractivity contribution in [2.24, 2.45) is 0 Å². The van der Waals surface area contributed by atoms with Gasteiger partial charge >= 0.3 is 0 Å². The highest BCUT2D eigenvalue weighted by atomic mass is 16.5. The predicted molar refractivity (Wildman–Crippen MR) is 125 cm³/mol. The number of nitrogens with zero attached hydrogens (tertiary/aromatic N) is 3. The zero-order chi connectivity index (χ0) is 20.8. The summed E-state index contributed by atoms with van der Waals surface area (Å²) in [5.74, 6) is 1.78. The number of rotatable bonds is 6. The van der Waals surface area contributed by atoms with Crippen molar-refractivity contribution in [3.05, 3.63) is 53.1 Å². The molecule has 0 spiro atoms. The Morgan fingerprint density at radius 3 is 2.90 bits per heavy atom. The van der Waals surface area contributed by atoms with Crippen molar-refractivity contribution in [1.29, 1.82) is 0 Å². The Morgan fingerprint density at radius 1 is 1.03 bits per heavy atom. The van der Waals surface area contributed by atoms with Gasteiger partial charge in [-0.2, -0.15) is 0 Å². The van der Waals surface area contributed by atoms with Gasteiger partial charge in [-0.05, 0) is 48.6 Å². The molecule has 0 saturated carbocycles. The first-order valence-electron chi connectivity index (χ1n) is 12.0. The molecule has 2 aromatic rings. The van der Waals surface area contributed by atoms with Crippen molar-refractivity contribution >= 4 is 11.4 Å². The molecule has 5 heteroatoms. The second-order valence-corrected chi connectivity index (χ2v) is 9.49. The van der Waals surface area contributed by atoms with Gasteiger partial charge < -0.3 is 24.5 Å². The molecule has 1 N–H and O–H groups in total. The normalized spacial score (nSPS) is 24.0. The van der Waals surface area contributed by atoms with E-state index in [1.807, 2.05) is 0 Å². The molecular weight excluding hydrogens is 386 g/mol. The van der Waals surface area contributed by atoms with E-state index in [1.165, 1.54) is 66.3 Å². The second kappa shape index (κ2) is 8.03. The number of piperidine rings is 1. The van der Waals surface area contributed by atoms with Gasteiger partial charge in [-0.1, -0.05) is 30.3 Å². The fourth-order valence-electron chi connectivity index (χ4n) is 6.42. The average molecular weight is 420 g/mol. The minimum absolute atomic E-state index is 0.222. The third-order valence-corrected chi connectivity index (χ3v) is 7.83. The van der Waals surface area contributed by atoms with Crippen molar-refractivity contribution in [2.75, 3.05) is 62.3 Å². The number of β-amino-alcohol motifs (C(OH)–C–C–N with tert-alkyl or cyclic N) is 1. The minimum Gasteiger partial charge on any atom is -0.493 e. The van der Waals surface area contributed by atoms with Crippen LogP contribution in [0.15, 0.2) is 36.4 Å². The molecule has 2 aromatic carbocycles. The molecule has 2 atom stereocenters. The van der Waals surface area contributed by atoms with Gasteiger partial charge in [0.15, 0.2) is 0 Å². The van der Waals surface area contributed by atoms with Crippen LogP contribution in [0.3, 0.4) is 0 Å². The number of hydrogen-bond acceptors (Lipinski definition) is 5. The highest BCUT2D eigenvalue weighted by Crippen LogP contribution is 2.50. The first kappa shape index (κ1) is 19.4. The lowest BCUT2D eigenvalue weighted by Crippen LogP contribution is -2.50. The molecule has 5 nitrogen and oxygen atoms in total. The summed E-state index contributed by atoms with van der Waals surface area (Å²) in [6, 6.07) is 14.1. The summed E-state index contributed by atoms with van der Waals surface area (Å²) in [4.78, 5) is 7.74. The van der Waals surface area contributed by atoms with Gasteiger partial charge in [0.05, 0.1) is 24.6 Å². The number of benzene rings is 2. The van der Waals surface area contributed by atoms with Gasteiger partial charge in [-0.25, -0.2) is 0 Å². The molecule has 4 aliphatic heterocycles. The van der Waals surface area contributed by atoms with Crippen LogP contribution in [0, 0.1) is 0 Å². The van der Waals surface area contributed by atoms with Crippen LogP contribution in [0.4, 0.5) is 11.4 Å². The Labute approximate surface area is 185 Å². The van der Waals surface area contributed by atoms with E-state index < -0.39 is 0 Å². The van der Waals surface area contributed by atoms with Crippen LogP contribution in [-0.2, 0) is 12.8 Å². The van der Waals surface area contributed by atoms with E-state index in [4.69, 9.17) is 4.74 Å². The Hall–Kier alpha value is -2.24. The van der Waals surface area contributed by atoms with E-state index in [1.54, 1.807) is 0 Å². The van der Waals surface area contributed by atoms with Crippen LogP contribution < -0.4 is 14.5 Å². The molecule has 164 valence electrons. The number of anilines is 2. The quantitative estimate of drug-likeness (QED) is 0.779. The molecule has 1 saturated heterocycles. The molecule has 6 rings (SSSR count). The number of aliphatic hydroxyl groups excluding tert-OH is 1. The maximum Gasteiger partial charge on any atom is 0.125 e.